The predicted molar refractivity (Wildman–Crippen MR) is 135 cm³/mol. The van der Waals surface area contributed by atoms with Crippen molar-refractivity contribution in [3.8, 4) is 0 Å². The molecule has 1 amide bonds. The molecule has 2 N–H and O–H groups in total. The molecule has 4 saturated carbocycles. The minimum atomic E-state index is -2.57. The highest BCUT2D eigenvalue weighted by atomic mass is 19.3. The van der Waals surface area contributed by atoms with Gasteiger partial charge in [0.25, 0.3) is 17.9 Å². The Kier molecular flexibility index (Phi) is 5.52. The number of anilines is 1. The van der Waals surface area contributed by atoms with Crippen molar-refractivity contribution in [1.82, 2.24) is 14.8 Å². The number of hydrogen-bond acceptors (Lipinski definition) is 4. The van der Waals surface area contributed by atoms with E-state index in [1.165, 1.54) is 12.5 Å². The minimum absolute atomic E-state index is 0.0189. The lowest BCUT2D eigenvalue weighted by atomic mass is 9.49. The molecule has 4 aliphatic carbocycles. The average Bonchev–Trinajstić information content (AvgIpc) is 2.76. The van der Waals surface area contributed by atoms with E-state index in [9.17, 15) is 18.4 Å². The number of aromatic nitrogens is 1. The van der Waals surface area contributed by atoms with Crippen LogP contribution in [0.2, 0.25) is 0 Å². The molecular weight excluding hydrogens is 462 g/mol. The quantitative estimate of drug-likeness (QED) is 0.594. The molecule has 5 fully saturated rings. The predicted octanol–water partition coefficient (Wildman–Crippen LogP) is 4.46. The fourth-order valence-electron chi connectivity index (χ4n) is 7.20. The lowest BCUT2D eigenvalue weighted by molar-refractivity contribution is -0.0914. The second-order valence-corrected chi connectivity index (χ2v) is 11.7. The Morgan fingerprint density at radius 3 is 2.42 bits per heavy atom. The number of hydrogen-bond donors (Lipinski definition) is 2. The van der Waals surface area contributed by atoms with Crippen molar-refractivity contribution in [2.45, 2.75) is 63.6 Å². The SMILES string of the molecule is Cc1c(C(F)F)cccc1[C@@H](C)NC(=O)c1cn(C23CC(C2)C3)c(=O)cc1NC1[C@@H]2C[C@H]1CN(C)C2. The van der Waals surface area contributed by atoms with Crippen LogP contribution in [0, 0.1) is 24.7 Å². The number of piperidine rings is 2. The van der Waals surface area contributed by atoms with E-state index in [4.69, 9.17) is 0 Å². The summed E-state index contributed by atoms with van der Waals surface area (Å²) in [5.74, 6) is 1.41. The molecule has 0 radical (unpaired) electrons. The molecule has 2 heterocycles. The zero-order chi connectivity index (χ0) is 25.4. The largest absolute Gasteiger partial charge is 0.381 e. The van der Waals surface area contributed by atoms with Gasteiger partial charge in [0.05, 0.1) is 17.3 Å². The van der Waals surface area contributed by atoms with Crippen LogP contribution < -0.4 is 16.2 Å². The molecular formula is C28H34F2N4O2. The van der Waals surface area contributed by atoms with Gasteiger partial charge in [0, 0.05) is 42.5 Å². The van der Waals surface area contributed by atoms with Crippen molar-refractivity contribution in [1.29, 1.82) is 0 Å². The summed E-state index contributed by atoms with van der Waals surface area (Å²) < 4.78 is 28.7. The fourth-order valence-corrected chi connectivity index (χ4v) is 7.20. The Labute approximate surface area is 210 Å². The molecule has 0 spiro atoms. The number of likely N-dealkylation sites (tertiary alicyclic amines) is 1. The molecule has 1 aromatic carbocycles. The number of halogens is 2. The number of nitrogens with one attached hydrogen (secondary N) is 2. The van der Waals surface area contributed by atoms with Crippen LogP contribution in [0.4, 0.5) is 14.5 Å². The number of fused-ring (bicyclic) bond motifs is 2. The molecule has 8 heteroatoms. The Morgan fingerprint density at radius 1 is 1.14 bits per heavy atom. The van der Waals surface area contributed by atoms with E-state index in [-0.39, 0.29) is 28.6 Å². The van der Waals surface area contributed by atoms with E-state index in [1.54, 1.807) is 35.9 Å². The zero-order valence-electron chi connectivity index (χ0n) is 21.1. The lowest BCUT2D eigenvalue weighted by Gasteiger charge is -2.62. The van der Waals surface area contributed by atoms with E-state index >= 15 is 0 Å². The number of benzene rings is 1. The third-order valence-electron chi connectivity index (χ3n) is 9.32. The van der Waals surface area contributed by atoms with Crippen LogP contribution >= 0.6 is 0 Å². The zero-order valence-corrected chi connectivity index (χ0v) is 21.1. The minimum Gasteiger partial charge on any atom is -0.381 e. The third kappa shape index (κ3) is 3.67. The Balaban J connectivity index is 1.30. The van der Waals surface area contributed by atoms with Crippen molar-refractivity contribution in [2.24, 2.45) is 17.8 Å². The van der Waals surface area contributed by atoms with E-state index < -0.39 is 12.5 Å². The van der Waals surface area contributed by atoms with Gasteiger partial charge in [-0.3, -0.25) is 9.59 Å². The highest BCUT2D eigenvalue weighted by Gasteiger charge is 2.58. The maximum Gasteiger partial charge on any atom is 0.264 e. The van der Waals surface area contributed by atoms with Crippen LogP contribution in [0.1, 0.15) is 72.1 Å². The number of nitrogens with zero attached hydrogens (tertiary/aromatic N) is 2. The van der Waals surface area contributed by atoms with Crippen molar-refractivity contribution < 1.29 is 13.6 Å². The van der Waals surface area contributed by atoms with Crippen molar-refractivity contribution >= 4 is 11.6 Å². The Bertz CT molecular complexity index is 1250. The van der Waals surface area contributed by atoms with E-state index in [2.05, 4.69) is 22.6 Å². The molecule has 1 aliphatic heterocycles. The molecule has 4 bridgehead atoms. The van der Waals surface area contributed by atoms with Gasteiger partial charge in [0.15, 0.2) is 0 Å². The summed E-state index contributed by atoms with van der Waals surface area (Å²) >= 11 is 0. The molecule has 7 rings (SSSR count). The molecule has 1 saturated heterocycles. The number of carbonyl (C=O) groups is 1. The molecule has 2 aromatic rings. The van der Waals surface area contributed by atoms with Crippen molar-refractivity contribution in [3.05, 3.63) is 63.1 Å². The van der Waals surface area contributed by atoms with Crippen LogP contribution in [0.25, 0.3) is 0 Å². The van der Waals surface area contributed by atoms with Gasteiger partial charge in [-0.1, -0.05) is 18.2 Å². The summed E-state index contributed by atoms with van der Waals surface area (Å²) in [4.78, 5) is 29.2. The second-order valence-electron chi connectivity index (χ2n) is 11.7. The first kappa shape index (κ1) is 23.6. The summed E-state index contributed by atoms with van der Waals surface area (Å²) in [6.07, 6.45) is 3.33. The van der Waals surface area contributed by atoms with Gasteiger partial charge >= 0.3 is 0 Å². The first-order valence-corrected chi connectivity index (χ1v) is 13.1. The van der Waals surface area contributed by atoms with Crippen molar-refractivity contribution in [2.75, 3.05) is 25.5 Å². The monoisotopic (exact) mass is 496 g/mol. The third-order valence-corrected chi connectivity index (χ3v) is 9.32. The lowest BCUT2D eigenvalue weighted by Crippen LogP contribution is -2.62. The van der Waals surface area contributed by atoms with Gasteiger partial charge in [-0.05, 0) is 75.5 Å². The van der Waals surface area contributed by atoms with Gasteiger partial charge in [0.1, 0.15) is 0 Å². The molecule has 36 heavy (non-hydrogen) atoms. The highest BCUT2D eigenvalue weighted by Crippen LogP contribution is 2.61. The van der Waals surface area contributed by atoms with Crippen LogP contribution in [0.15, 0.2) is 35.3 Å². The topological polar surface area (TPSA) is 66.4 Å². The number of alkyl halides is 2. The molecule has 1 unspecified atom stereocenters. The van der Waals surface area contributed by atoms with Gasteiger partial charge in [0.2, 0.25) is 0 Å². The van der Waals surface area contributed by atoms with Crippen LogP contribution in [0.5, 0.6) is 0 Å². The maximum absolute atomic E-state index is 13.7. The molecule has 192 valence electrons. The molecule has 5 aliphatic rings. The summed E-state index contributed by atoms with van der Waals surface area (Å²) in [5.41, 5.74) is 1.96. The number of carbonyl (C=O) groups excluding carboxylic acids is 1. The van der Waals surface area contributed by atoms with E-state index in [1.807, 2.05) is 6.92 Å². The van der Waals surface area contributed by atoms with Gasteiger partial charge in [-0.15, -0.1) is 0 Å². The summed E-state index contributed by atoms with van der Waals surface area (Å²) in [6, 6.07) is 6.19. The van der Waals surface area contributed by atoms with Gasteiger partial charge in [-0.25, -0.2) is 8.78 Å². The number of pyridine rings is 1. The Hall–Kier alpha value is -2.74. The molecule has 6 nitrogen and oxygen atoms in total. The van der Waals surface area contributed by atoms with E-state index in [0.29, 0.717) is 40.1 Å². The van der Waals surface area contributed by atoms with Crippen molar-refractivity contribution in [3.63, 3.8) is 0 Å². The standard InChI is InChI=1S/C28H34F2N4O2/c1-15-20(5-4-6-21(15)26(29)30)16(2)31-27(36)22-14-34(28-9-17(10-28)11-28)24(35)8-23(22)32-25-18-7-19(25)13-33(3)12-18/h4-6,8,14,16-19,25-26,32H,7,9-13H2,1-3H3,(H,31,36)/t16-,17?,18-,19+,25?,28?/m1/s1. The first-order chi connectivity index (χ1) is 17.1. The smallest absolute Gasteiger partial charge is 0.264 e. The first-order valence-electron chi connectivity index (χ1n) is 13.1. The average molecular weight is 497 g/mol. The normalized spacial score (nSPS) is 31.2. The van der Waals surface area contributed by atoms with Crippen LogP contribution in [-0.2, 0) is 5.54 Å². The number of rotatable bonds is 7. The van der Waals surface area contributed by atoms with Gasteiger partial charge < -0.3 is 20.1 Å². The summed E-state index contributed by atoms with van der Waals surface area (Å²) in [5, 5.41) is 6.59. The Morgan fingerprint density at radius 2 is 1.81 bits per heavy atom. The summed E-state index contributed by atoms with van der Waals surface area (Å²) in [7, 11) is 2.13. The molecule has 4 atom stereocenters. The maximum atomic E-state index is 13.7. The molecule has 1 aromatic heterocycles. The highest BCUT2D eigenvalue weighted by molar-refractivity contribution is 5.99. The fraction of sp³-hybridized carbons (Fsp3) is 0.571. The van der Waals surface area contributed by atoms with Gasteiger partial charge in [-0.2, -0.15) is 0 Å². The second kappa shape index (κ2) is 8.40. The number of amides is 1. The van der Waals surface area contributed by atoms with Crippen LogP contribution in [0.3, 0.4) is 0 Å². The van der Waals surface area contributed by atoms with E-state index in [0.717, 1.165) is 32.4 Å². The summed E-state index contributed by atoms with van der Waals surface area (Å²) in [6.45, 7) is 5.50. The van der Waals surface area contributed by atoms with Crippen LogP contribution in [-0.4, -0.2) is 41.6 Å².